The van der Waals surface area contributed by atoms with Gasteiger partial charge in [0.05, 0.1) is 6.61 Å². The number of aliphatic hydroxyl groups is 1. The molecule has 0 aliphatic carbocycles. The number of rotatable bonds is 3. The van der Waals surface area contributed by atoms with E-state index < -0.39 is 0 Å². The summed E-state index contributed by atoms with van der Waals surface area (Å²) in [5, 5.41) is 10.6. The Hall–Kier alpha value is -2.11. The van der Waals surface area contributed by atoms with Crippen LogP contribution in [0.15, 0.2) is 71.0 Å². The number of hydrogen-bond acceptors (Lipinski definition) is 4. The van der Waals surface area contributed by atoms with Gasteiger partial charge < -0.3 is 5.11 Å². The molecule has 0 spiro atoms. The molecule has 2 heterocycles. The number of aliphatic imine (C=N–C) groups is 1. The van der Waals surface area contributed by atoms with Gasteiger partial charge in [-0.1, -0.05) is 35.9 Å². The number of anilines is 1. The smallest absolute Gasteiger partial charge is 0.286 e. The van der Waals surface area contributed by atoms with E-state index in [2.05, 4.69) is 9.89 Å². The fraction of sp³-hybridized carbons (Fsp3) is 0.105. The molecule has 6 heteroatoms. The predicted molar refractivity (Wildman–Crippen MR) is 103 cm³/mol. The Morgan fingerprint density at radius 2 is 1.92 bits per heavy atom. The van der Waals surface area contributed by atoms with E-state index in [-0.39, 0.29) is 6.61 Å². The van der Waals surface area contributed by atoms with Crippen LogP contribution in [-0.2, 0) is 6.61 Å². The monoisotopic (exact) mass is 371 g/mol. The summed E-state index contributed by atoms with van der Waals surface area (Å²) in [7, 11) is 0. The first-order valence-electron chi connectivity index (χ1n) is 7.82. The number of benzene rings is 2. The van der Waals surface area contributed by atoms with Gasteiger partial charge in [-0.15, -0.1) is 0 Å². The molecule has 0 atom stereocenters. The van der Waals surface area contributed by atoms with Crippen molar-refractivity contribution in [3.63, 3.8) is 0 Å². The molecule has 0 bridgehead atoms. The van der Waals surface area contributed by atoms with Crippen molar-refractivity contribution < 1.29 is 5.11 Å². The van der Waals surface area contributed by atoms with Gasteiger partial charge >= 0.3 is 0 Å². The second kappa shape index (κ2) is 6.65. The Balaban J connectivity index is 1.64. The molecular weight excluding hydrogens is 357 g/mol. The minimum absolute atomic E-state index is 0.0171. The topological polar surface area (TPSA) is 41.7 Å². The van der Waals surface area contributed by atoms with Crippen molar-refractivity contribution in [3.8, 4) is 0 Å². The van der Waals surface area contributed by atoms with Crippen LogP contribution >= 0.6 is 23.2 Å². The van der Waals surface area contributed by atoms with Crippen molar-refractivity contribution in [1.29, 1.82) is 0 Å². The third-order valence-corrected chi connectivity index (χ3v) is 4.81. The van der Waals surface area contributed by atoms with Gasteiger partial charge in [0.25, 0.3) is 11.0 Å². The van der Waals surface area contributed by atoms with E-state index in [9.17, 15) is 5.11 Å². The van der Waals surface area contributed by atoms with E-state index in [4.69, 9.17) is 23.2 Å². The largest absolute Gasteiger partial charge is 0.392 e. The van der Waals surface area contributed by atoms with Crippen LogP contribution in [0.25, 0.3) is 5.70 Å². The highest BCUT2D eigenvalue weighted by Gasteiger charge is 2.40. The van der Waals surface area contributed by atoms with Crippen molar-refractivity contribution in [2.24, 2.45) is 4.99 Å². The lowest BCUT2D eigenvalue weighted by Gasteiger charge is -2.23. The highest BCUT2D eigenvalue weighted by atomic mass is 35.5. The first-order valence-corrected chi connectivity index (χ1v) is 8.58. The van der Waals surface area contributed by atoms with E-state index in [0.717, 1.165) is 28.3 Å². The van der Waals surface area contributed by atoms with E-state index in [1.807, 2.05) is 65.7 Å². The molecule has 2 aromatic carbocycles. The van der Waals surface area contributed by atoms with Crippen LogP contribution in [0.3, 0.4) is 0 Å². The lowest BCUT2D eigenvalue weighted by molar-refractivity contribution is 0.282. The molecule has 2 aromatic rings. The minimum atomic E-state index is 0.0171. The predicted octanol–water partition coefficient (Wildman–Crippen LogP) is 4.24. The summed E-state index contributed by atoms with van der Waals surface area (Å²) in [5.41, 5.74) is 3.53. The van der Waals surface area contributed by atoms with Crippen LogP contribution in [0.4, 0.5) is 5.69 Å². The molecule has 0 aromatic heterocycles. The van der Waals surface area contributed by atoms with Gasteiger partial charge in [-0.3, -0.25) is 4.90 Å². The highest BCUT2D eigenvalue weighted by molar-refractivity contribution is 6.36. The molecule has 0 unspecified atom stereocenters. The summed E-state index contributed by atoms with van der Waals surface area (Å²) in [5.74, 6) is 0.810. The first-order chi connectivity index (χ1) is 12.2. The maximum atomic E-state index is 9.33. The summed E-state index contributed by atoms with van der Waals surface area (Å²) in [6.45, 7) is 0.573. The average molecular weight is 372 g/mol. The summed E-state index contributed by atoms with van der Waals surface area (Å²) < 4.78 is 0. The van der Waals surface area contributed by atoms with Crippen LogP contribution < -0.4 is 9.80 Å². The molecule has 25 heavy (non-hydrogen) atoms. The normalized spacial score (nSPS) is 17.1. The molecule has 4 nitrogen and oxygen atoms in total. The Morgan fingerprint density at radius 1 is 1.12 bits per heavy atom. The zero-order valence-electron chi connectivity index (χ0n) is 13.2. The summed E-state index contributed by atoms with van der Waals surface area (Å²) in [4.78, 5) is 8.66. The first kappa shape index (κ1) is 16.4. The second-order valence-corrected chi connectivity index (χ2v) is 6.59. The molecule has 125 valence electrons. The van der Waals surface area contributed by atoms with E-state index >= 15 is 0 Å². The molecule has 1 N–H and O–H groups in total. The standard InChI is InChI=1S/C19H15Cl2N3O/c20-15-6-4-14(5-7-15)18-19(21)24-12-23(9-8-17(24)22-18)16-3-1-2-13(10-16)11-25/h1-10,25H,11-12H2/q+1. The van der Waals surface area contributed by atoms with Crippen LogP contribution in [-0.4, -0.2) is 17.6 Å². The van der Waals surface area contributed by atoms with Gasteiger partial charge in [0, 0.05) is 28.5 Å². The van der Waals surface area contributed by atoms with Crippen LogP contribution in [0.1, 0.15) is 11.1 Å². The lowest BCUT2D eigenvalue weighted by Crippen LogP contribution is -2.43. The van der Waals surface area contributed by atoms with E-state index in [0.29, 0.717) is 16.8 Å². The van der Waals surface area contributed by atoms with Crippen molar-refractivity contribution in [1.82, 2.24) is 4.90 Å². The lowest BCUT2D eigenvalue weighted by atomic mass is 10.2. The van der Waals surface area contributed by atoms with Crippen molar-refractivity contribution in [2.45, 2.75) is 6.61 Å². The van der Waals surface area contributed by atoms with Crippen molar-refractivity contribution in [3.05, 3.63) is 82.1 Å². The van der Waals surface area contributed by atoms with Crippen LogP contribution in [0, 0.1) is 0 Å². The van der Waals surface area contributed by atoms with E-state index in [1.54, 1.807) is 0 Å². The fourth-order valence-corrected chi connectivity index (χ4v) is 3.28. The summed E-state index contributed by atoms with van der Waals surface area (Å²) in [6.07, 6.45) is 3.90. The number of aliphatic hydroxyl groups excluding tert-OH is 1. The molecule has 2 aliphatic rings. The molecule has 0 saturated heterocycles. The zero-order chi connectivity index (χ0) is 17.4. The highest BCUT2D eigenvalue weighted by Crippen LogP contribution is 2.33. The second-order valence-electron chi connectivity index (χ2n) is 5.80. The van der Waals surface area contributed by atoms with Crippen LogP contribution in [0.5, 0.6) is 0 Å². The molecule has 0 amide bonds. The molecule has 0 fully saturated rings. The summed E-state index contributed by atoms with van der Waals surface area (Å²) in [6, 6.07) is 15.3. The van der Waals surface area contributed by atoms with Gasteiger partial charge in [0.15, 0.2) is 5.70 Å². The molecule has 0 saturated carbocycles. The zero-order valence-corrected chi connectivity index (χ0v) is 14.7. The number of fused-ring (bicyclic) bond motifs is 1. The Morgan fingerprint density at radius 3 is 2.68 bits per heavy atom. The molecule has 2 aliphatic heterocycles. The molecule has 4 rings (SSSR count). The van der Waals surface area contributed by atoms with Gasteiger partial charge in [-0.2, -0.15) is 4.99 Å². The third-order valence-electron chi connectivity index (χ3n) is 4.18. The van der Waals surface area contributed by atoms with Crippen molar-refractivity contribution >= 4 is 40.4 Å². The molecule has 1 radical (unpaired) electrons. The van der Waals surface area contributed by atoms with Crippen molar-refractivity contribution in [2.75, 3.05) is 11.6 Å². The average Bonchev–Trinajstić information content (AvgIpc) is 2.98. The van der Waals surface area contributed by atoms with Crippen LogP contribution in [0.2, 0.25) is 5.02 Å². The Labute approximate surface area is 155 Å². The number of amidine groups is 1. The third kappa shape index (κ3) is 3.10. The number of halogens is 2. The molecular formula is C19H15Cl2N3O+. The fourth-order valence-electron chi connectivity index (χ4n) is 2.86. The Kier molecular flexibility index (Phi) is 4.36. The number of nitrogens with zero attached hydrogens (tertiary/aromatic N) is 3. The van der Waals surface area contributed by atoms with Gasteiger partial charge in [0.2, 0.25) is 6.67 Å². The van der Waals surface area contributed by atoms with Gasteiger partial charge in [-0.25, -0.2) is 0 Å². The maximum Gasteiger partial charge on any atom is 0.286 e. The van der Waals surface area contributed by atoms with E-state index in [1.165, 1.54) is 0 Å². The van der Waals surface area contributed by atoms with Gasteiger partial charge in [0.1, 0.15) is 0 Å². The SMILES string of the molecule is OCc1cccc(N2C=CC3=NC(c4ccc(Cl)cc4)=C(Cl)[N+]3C2)c1. The maximum absolute atomic E-state index is 9.33. The minimum Gasteiger partial charge on any atom is -0.392 e. The van der Waals surface area contributed by atoms with Gasteiger partial charge in [-0.05, 0) is 46.3 Å². The number of hydrogen-bond donors (Lipinski definition) is 1. The Bertz CT molecular complexity index is 903. The quantitative estimate of drug-likeness (QED) is 0.647. The summed E-state index contributed by atoms with van der Waals surface area (Å²) >= 11 is 12.6.